The minimum absolute atomic E-state index is 0.0341. The number of benzene rings is 1. The number of H-pyrrole nitrogens is 1. The van der Waals surface area contributed by atoms with Crippen molar-refractivity contribution in [1.29, 1.82) is 0 Å². The second kappa shape index (κ2) is 5.66. The number of hydrogen-bond acceptors (Lipinski definition) is 4. The molecule has 3 unspecified atom stereocenters. The zero-order valence-electron chi connectivity index (χ0n) is 12.2. The summed E-state index contributed by atoms with van der Waals surface area (Å²) in [5.74, 6) is 0.468. The maximum atomic E-state index is 11.6. The van der Waals surface area contributed by atoms with E-state index in [1.807, 2.05) is 13.0 Å². The smallest absolute Gasteiger partial charge is 0.251 e. The van der Waals surface area contributed by atoms with Gasteiger partial charge in [0, 0.05) is 23.1 Å². The van der Waals surface area contributed by atoms with Gasteiger partial charge in [-0.25, -0.2) is 4.98 Å². The van der Waals surface area contributed by atoms with E-state index >= 15 is 0 Å². The van der Waals surface area contributed by atoms with Gasteiger partial charge < -0.3 is 10.7 Å². The quantitative estimate of drug-likeness (QED) is 0.837. The van der Waals surface area contributed by atoms with Gasteiger partial charge in [0.1, 0.15) is 0 Å². The molecule has 3 rings (SSSR count). The van der Waals surface area contributed by atoms with E-state index in [4.69, 9.17) is 5.73 Å². The Morgan fingerprint density at radius 2 is 2.05 bits per heavy atom. The zero-order valence-corrected chi connectivity index (χ0v) is 13.0. The van der Waals surface area contributed by atoms with E-state index in [1.54, 1.807) is 11.8 Å². The van der Waals surface area contributed by atoms with Crippen molar-refractivity contribution in [2.45, 2.75) is 42.6 Å². The number of aryl methyl sites for hydroxylation is 1. The van der Waals surface area contributed by atoms with Gasteiger partial charge in [-0.15, -0.1) is 0 Å². The number of aromatic nitrogens is 2. The largest absolute Gasteiger partial charge is 0.323 e. The van der Waals surface area contributed by atoms with E-state index in [1.165, 1.54) is 17.2 Å². The maximum Gasteiger partial charge on any atom is 0.251 e. The highest BCUT2D eigenvalue weighted by Gasteiger charge is 2.31. The Labute approximate surface area is 128 Å². The Balaban J connectivity index is 1.89. The average molecular weight is 301 g/mol. The Kier molecular flexibility index (Phi) is 3.87. The number of rotatable bonds is 2. The summed E-state index contributed by atoms with van der Waals surface area (Å²) in [5, 5.41) is 0.881. The first-order chi connectivity index (χ1) is 10.0. The van der Waals surface area contributed by atoms with E-state index in [-0.39, 0.29) is 16.9 Å². The standard InChI is InChI=1S/C16H19N3OS/c1-9-7-13(15(17)12-6-4-3-5-11(9)12)21-16-18-10(2)8-14(20)19-16/h3-6,8-9,13,15H,7,17H2,1-2H3,(H,18,19,20). The molecule has 1 aliphatic carbocycles. The fraction of sp³-hybridized carbons (Fsp3) is 0.375. The molecule has 0 spiro atoms. The third-order valence-corrected chi connectivity index (χ3v) is 5.19. The molecule has 0 radical (unpaired) electrons. The molecule has 0 aliphatic heterocycles. The van der Waals surface area contributed by atoms with Crippen LogP contribution >= 0.6 is 11.8 Å². The number of nitrogens with two attached hydrogens (primary N) is 1. The second-order valence-corrected chi connectivity index (χ2v) is 6.87. The van der Waals surface area contributed by atoms with Gasteiger partial charge in [-0.05, 0) is 30.4 Å². The minimum atomic E-state index is -0.108. The van der Waals surface area contributed by atoms with Crippen molar-refractivity contribution in [2.24, 2.45) is 5.73 Å². The molecule has 110 valence electrons. The third-order valence-electron chi connectivity index (χ3n) is 3.98. The lowest BCUT2D eigenvalue weighted by Crippen LogP contribution is -2.31. The van der Waals surface area contributed by atoms with Gasteiger partial charge in [0.25, 0.3) is 5.56 Å². The summed E-state index contributed by atoms with van der Waals surface area (Å²) in [5.41, 5.74) is 9.62. The van der Waals surface area contributed by atoms with Gasteiger partial charge >= 0.3 is 0 Å². The average Bonchev–Trinajstić information content (AvgIpc) is 2.43. The predicted octanol–water partition coefficient (Wildman–Crippen LogP) is 2.75. The fourth-order valence-electron chi connectivity index (χ4n) is 2.96. The monoisotopic (exact) mass is 301 g/mol. The van der Waals surface area contributed by atoms with Crippen LogP contribution in [0.15, 0.2) is 40.3 Å². The molecule has 5 heteroatoms. The lowest BCUT2D eigenvalue weighted by Gasteiger charge is -2.34. The SMILES string of the molecule is Cc1cc(=O)[nH]c(SC2CC(C)c3ccccc3C2N)n1. The molecule has 1 aliphatic rings. The Morgan fingerprint density at radius 3 is 2.76 bits per heavy atom. The zero-order chi connectivity index (χ0) is 15.0. The molecule has 0 bridgehead atoms. The number of aromatic amines is 1. The number of nitrogens with one attached hydrogen (secondary N) is 1. The minimum Gasteiger partial charge on any atom is -0.323 e. The van der Waals surface area contributed by atoms with Crippen LogP contribution in [0, 0.1) is 6.92 Å². The van der Waals surface area contributed by atoms with Crippen molar-refractivity contribution >= 4 is 11.8 Å². The highest BCUT2D eigenvalue weighted by molar-refractivity contribution is 7.99. The number of fused-ring (bicyclic) bond motifs is 1. The highest BCUT2D eigenvalue weighted by Crippen LogP contribution is 2.42. The Bertz CT molecular complexity index is 713. The van der Waals surface area contributed by atoms with Crippen LogP contribution in [0.1, 0.15) is 42.1 Å². The van der Waals surface area contributed by atoms with E-state index in [0.29, 0.717) is 11.1 Å². The normalized spacial score (nSPS) is 24.6. The van der Waals surface area contributed by atoms with Crippen molar-refractivity contribution in [3.63, 3.8) is 0 Å². The summed E-state index contributed by atoms with van der Waals surface area (Å²) >= 11 is 1.58. The van der Waals surface area contributed by atoms with Crippen LogP contribution in [-0.2, 0) is 0 Å². The van der Waals surface area contributed by atoms with E-state index in [2.05, 4.69) is 35.1 Å². The van der Waals surface area contributed by atoms with Crippen LogP contribution in [0.2, 0.25) is 0 Å². The summed E-state index contributed by atoms with van der Waals surface area (Å²) in [6, 6.07) is 9.83. The number of hydrogen-bond donors (Lipinski definition) is 2. The lowest BCUT2D eigenvalue weighted by atomic mass is 9.81. The van der Waals surface area contributed by atoms with E-state index in [0.717, 1.165) is 12.1 Å². The van der Waals surface area contributed by atoms with Crippen molar-refractivity contribution in [2.75, 3.05) is 0 Å². The van der Waals surface area contributed by atoms with Crippen LogP contribution < -0.4 is 11.3 Å². The molecule has 0 saturated heterocycles. The van der Waals surface area contributed by atoms with Crippen LogP contribution in [0.3, 0.4) is 0 Å². The molecular formula is C16H19N3OS. The molecular weight excluding hydrogens is 282 g/mol. The molecule has 1 aromatic carbocycles. The Morgan fingerprint density at radius 1 is 1.33 bits per heavy atom. The summed E-state index contributed by atoms with van der Waals surface area (Å²) in [4.78, 5) is 18.7. The summed E-state index contributed by atoms with van der Waals surface area (Å²) in [7, 11) is 0. The molecule has 1 aromatic heterocycles. The van der Waals surface area contributed by atoms with Crippen LogP contribution in [-0.4, -0.2) is 15.2 Å². The molecule has 21 heavy (non-hydrogen) atoms. The van der Waals surface area contributed by atoms with Gasteiger partial charge in [-0.2, -0.15) is 0 Å². The molecule has 0 saturated carbocycles. The van der Waals surface area contributed by atoms with Gasteiger partial charge in [-0.1, -0.05) is 43.0 Å². The van der Waals surface area contributed by atoms with Crippen molar-refractivity contribution in [1.82, 2.24) is 9.97 Å². The van der Waals surface area contributed by atoms with E-state index in [9.17, 15) is 4.79 Å². The topological polar surface area (TPSA) is 71.8 Å². The summed E-state index contributed by atoms with van der Waals surface area (Å²) in [6.07, 6.45) is 0.987. The predicted molar refractivity (Wildman–Crippen MR) is 85.6 cm³/mol. The first kappa shape index (κ1) is 14.4. The highest BCUT2D eigenvalue weighted by atomic mass is 32.2. The molecule has 4 nitrogen and oxygen atoms in total. The van der Waals surface area contributed by atoms with E-state index < -0.39 is 0 Å². The molecule has 1 heterocycles. The summed E-state index contributed by atoms with van der Waals surface area (Å²) in [6.45, 7) is 4.06. The second-order valence-electron chi connectivity index (χ2n) is 5.64. The van der Waals surface area contributed by atoms with Gasteiger partial charge in [-0.3, -0.25) is 4.79 Å². The third kappa shape index (κ3) is 2.89. The lowest BCUT2D eigenvalue weighted by molar-refractivity contribution is 0.526. The van der Waals surface area contributed by atoms with Crippen LogP contribution in [0.25, 0.3) is 0 Å². The van der Waals surface area contributed by atoms with Crippen molar-refractivity contribution < 1.29 is 0 Å². The maximum absolute atomic E-state index is 11.6. The molecule has 3 atom stereocenters. The first-order valence-electron chi connectivity index (χ1n) is 7.13. The van der Waals surface area contributed by atoms with Gasteiger partial charge in [0.2, 0.25) is 0 Å². The first-order valence-corrected chi connectivity index (χ1v) is 8.01. The number of nitrogens with zero attached hydrogens (tertiary/aromatic N) is 1. The van der Waals surface area contributed by atoms with Crippen LogP contribution in [0.4, 0.5) is 0 Å². The Hall–Kier alpha value is -1.59. The van der Waals surface area contributed by atoms with Gasteiger partial charge in [0.05, 0.1) is 0 Å². The molecule has 0 fully saturated rings. The molecule has 3 N–H and O–H groups in total. The van der Waals surface area contributed by atoms with Crippen LogP contribution in [0.5, 0.6) is 0 Å². The molecule has 2 aromatic rings. The van der Waals surface area contributed by atoms with Crippen molar-refractivity contribution in [3.05, 3.63) is 57.5 Å². The molecule has 0 amide bonds. The van der Waals surface area contributed by atoms with Gasteiger partial charge in [0.15, 0.2) is 5.16 Å². The fourth-order valence-corrected chi connectivity index (χ4v) is 4.28. The summed E-state index contributed by atoms with van der Waals surface area (Å²) < 4.78 is 0. The van der Waals surface area contributed by atoms with Crippen molar-refractivity contribution in [3.8, 4) is 0 Å². The number of thioether (sulfide) groups is 1.